The standard InChI is InChI=1S/C35H31F6N3O4/c1-19-3-2-4-30-32(19)20-5-7-27(37)24(13-20)29(10-12-45)42-34(47)33(25-14-23(48-30)6-8-28(25)38)44-16-21(9-11-43-17-22(36)18-43)26(15-31(44)46)35(39,40)41/h2-8,13-16,22,29,33,45H,9-12,17-18H2,1H3,(H,42,47)/t29-,33-/m0/s1. The molecule has 2 aliphatic rings. The summed E-state index contributed by atoms with van der Waals surface area (Å²) in [6.07, 6.45) is -5.58. The molecule has 13 heteroatoms. The summed E-state index contributed by atoms with van der Waals surface area (Å²) in [5, 5.41) is 12.5. The van der Waals surface area contributed by atoms with E-state index in [4.69, 9.17) is 4.74 Å². The van der Waals surface area contributed by atoms with E-state index in [1.54, 1.807) is 17.0 Å². The van der Waals surface area contributed by atoms with E-state index in [9.17, 15) is 32.3 Å². The maximum Gasteiger partial charge on any atom is 0.416 e. The number of nitrogens with one attached hydrogen (secondary N) is 1. The predicted molar refractivity (Wildman–Crippen MR) is 165 cm³/mol. The van der Waals surface area contributed by atoms with Crippen LogP contribution >= 0.6 is 0 Å². The third kappa shape index (κ3) is 6.56. The number of carbonyl (C=O) groups is 1. The van der Waals surface area contributed by atoms with Gasteiger partial charge in [-0.1, -0.05) is 18.2 Å². The van der Waals surface area contributed by atoms with Crippen LogP contribution in [0.2, 0.25) is 0 Å². The lowest BCUT2D eigenvalue weighted by atomic mass is 9.94. The van der Waals surface area contributed by atoms with Crippen molar-refractivity contribution < 1.29 is 41.0 Å². The number of nitrogens with zero attached hydrogens (tertiary/aromatic N) is 2. The summed E-state index contributed by atoms with van der Waals surface area (Å²) < 4.78 is 93.8. The van der Waals surface area contributed by atoms with E-state index in [-0.39, 0.29) is 49.4 Å². The average Bonchev–Trinajstić information content (AvgIpc) is 3.01. The topological polar surface area (TPSA) is 83.8 Å². The van der Waals surface area contributed by atoms with Gasteiger partial charge in [-0.3, -0.25) is 19.1 Å². The minimum Gasteiger partial charge on any atom is -0.457 e. The van der Waals surface area contributed by atoms with Gasteiger partial charge in [-0.25, -0.2) is 13.2 Å². The van der Waals surface area contributed by atoms with E-state index in [1.165, 1.54) is 30.3 Å². The third-order valence-corrected chi connectivity index (χ3v) is 8.72. The zero-order valence-corrected chi connectivity index (χ0v) is 25.7. The molecule has 2 atom stereocenters. The van der Waals surface area contributed by atoms with E-state index < -0.39 is 65.3 Å². The summed E-state index contributed by atoms with van der Waals surface area (Å²) in [5.74, 6) is -2.35. The molecular formula is C35H31F6N3O4. The van der Waals surface area contributed by atoms with Gasteiger partial charge in [0.05, 0.1) is 11.6 Å². The highest BCUT2D eigenvalue weighted by Gasteiger charge is 2.37. The minimum atomic E-state index is -4.93. The molecule has 1 amide bonds. The summed E-state index contributed by atoms with van der Waals surface area (Å²) in [6, 6.07) is 10.2. The number of aliphatic hydroxyl groups is 1. The Morgan fingerprint density at radius 2 is 1.71 bits per heavy atom. The summed E-state index contributed by atoms with van der Waals surface area (Å²) >= 11 is 0. The number of ether oxygens (including phenoxy) is 1. The van der Waals surface area contributed by atoms with Crippen LogP contribution in [0.5, 0.6) is 11.5 Å². The lowest BCUT2D eigenvalue weighted by Crippen LogP contribution is -2.49. The number of aliphatic hydroxyl groups excluding tert-OH is 1. The SMILES string of the molecule is Cc1cccc2c1-c1ccc(F)c(c1)[C@H](CCO)NC(=O)[C@@H](n1cc(CCN3CC(F)C3)c(C(F)(F)F)cc1=O)c1cc(ccc1F)O2. The normalized spacial score (nSPS) is 18.5. The molecule has 4 bridgehead atoms. The van der Waals surface area contributed by atoms with Crippen LogP contribution in [0.3, 0.4) is 0 Å². The van der Waals surface area contributed by atoms with Crippen molar-refractivity contribution >= 4 is 5.91 Å². The van der Waals surface area contributed by atoms with Gasteiger partial charge in [0.2, 0.25) is 5.91 Å². The number of fused-ring (bicyclic) bond motifs is 6. The van der Waals surface area contributed by atoms with Crippen LogP contribution in [-0.2, 0) is 17.4 Å². The lowest BCUT2D eigenvalue weighted by Gasteiger charge is -2.34. The van der Waals surface area contributed by atoms with E-state index in [1.807, 2.05) is 13.0 Å². The zero-order valence-electron chi connectivity index (χ0n) is 25.7. The van der Waals surface area contributed by atoms with Gasteiger partial charge in [-0.05, 0) is 72.9 Å². The number of alkyl halides is 4. The minimum absolute atomic E-state index is 0.0181. The maximum atomic E-state index is 15.7. The summed E-state index contributed by atoms with van der Waals surface area (Å²) in [7, 11) is 0. The molecule has 2 N–H and O–H groups in total. The summed E-state index contributed by atoms with van der Waals surface area (Å²) in [4.78, 5) is 29.2. The Kier molecular flexibility index (Phi) is 9.10. The molecule has 0 unspecified atom stereocenters. The van der Waals surface area contributed by atoms with Gasteiger partial charge < -0.3 is 15.2 Å². The number of hydrogen-bond donors (Lipinski definition) is 2. The largest absolute Gasteiger partial charge is 0.457 e. The van der Waals surface area contributed by atoms with Gasteiger partial charge in [0, 0.05) is 55.2 Å². The van der Waals surface area contributed by atoms with Crippen LogP contribution in [0, 0.1) is 18.6 Å². The molecule has 7 nitrogen and oxygen atoms in total. The molecule has 6 rings (SSSR count). The third-order valence-electron chi connectivity index (χ3n) is 8.72. The fourth-order valence-electron chi connectivity index (χ4n) is 6.31. The molecule has 4 aromatic rings. The number of aromatic nitrogens is 1. The number of amides is 1. The number of rotatable bonds is 6. The Hall–Kier alpha value is -4.62. The van der Waals surface area contributed by atoms with Crippen molar-refractivity contribution in [1.29, 1.82) is 0 Å². The van der Waals surface area contributed by atoms with Gasteiger partial charge in [0.25, 0.3) is 5.56 Å². The summed E-state index contributed by atoms with van der Waals surface area (Å²) in [6.45, 7) is 1.47. The molecule has 48 heavy (non-hydrogen) atoms. The first-order chi connectivity index (χ1) is 22.8. The van der Waals surface area contributed by atoms with Crippen LogP contribution in [0.25, 0.3) is 11.1 Å². The molecule has 1 fully saturated rings. The fourth-order valence-corrected chi connectivity index (χ4v) is 6.31. The van der Waals surface area contributed by atoms with Crippen LogP contribution in [0.15, 0.2) is 71.7 Å². The Morgan fingerprint density at radius 3 is 2.42 bits per heavy atom. The Morgan fingerprint density at radius 1 is 0.979 bits per heavy atom. The van der Waals surface area contributed by atoms with E-state index >= 15 is 8.78 Å². The van der Waals surface area contributed by atoms with Crippen molar-refractivity contribution in [2.24, 2.45) is 0 Å². The van der Waals surface area contributed by atoms with Crippen LogP contribution < -0.4 is 15.6 Å². The summed E-state index contributed by atoms with van der Waals surface area (Å²) in [5.41, 5.74) is -1.39. The van der Waals surface area contributed by atoms with E-state index in [0.717, 1.165) is 17.8 Å². The molecule has 0 saturated carbocycles. The molecule has 2 aliphatic heterocycles. The Bertz CT molecular complexity index is 1920. The number of halogens is 6. The molecule has 3 aromatic carbocycles. The highest BCUT2D eigenvalue weighted by Crippen LogP contribution is 2.40. The average molecular weight is 672 g/mol. The predicted octanol–water partition coefficient (Wildman–Crippen LogP) is 6.25. The van der Waals surface area contributed by atoms with Crippen molar-refractivity contribution in [3.05, 3.63) is 117 Å². The molecule has 0 aliphatic carbocycles. The van der Waals surface area contributed by atoms with Gasteiger partial charge in [0.1, 0.15) is 35.3 Å². The number of aryl methyl sites for hydroxylation is 1. The van der Waals surface area contributed by atoms with Gasteiger partial charge >= 0.3 is 6.18 Å². The lowest BCUT2D eigenvalue weighted by molar-refractivity contribution is -0.138. The molecular weight excluding hydrogens is 640 g/mol. The van der Waals surface area contributed by atoms with Crippen molar-refractivity contribution in [3.8, 4) is 22.6 Å². The van der Waals surface area contributed by atoms with Gasteiger partial charge in [-0.2, -0.15) is 13.2 Å². The van der Waals surface area contributed by atoms with Gasteiger partial charge in [-0.15, -0.1) is 0 Å². The first-order valence-electron chi connectivity index (χ1n) is 15.3. The van der Waals surface area contributed by atoms with Crippen molar-refractivity contribution in [2.45, 2.75) is 44.2 Å². The number of benzene rings is 3. The molecule has 0 spiro atoms. The van der Waals surface area contributed by atoms with Crippen LogP contribution in [0.4, 0.5) is 26.3 Å². The van der Waals surface area contributed by atoms with Crippen molar-refractivity contribution in [3.63, 3.8) is 0 Å². The Balaban J connectivity index is 1.55. The fraction of sp³-hybridized carbons (Fsp3) is 0.314. The molecule has 1 saturated heterocycles. The van der Waals surface area contributed by atoms with Crippen LogP contribution in [-0.4, -0.2) is 52.9 Å². The van der Waals surface area contributed by atoms with E-state index in [2.05, 4.69) is 5.32 Å². The highest BCUT2D eigenvalue weighted by atomic mass is 19.4. The van der Waals surface area contributed by atoms with Crippen LogP contribution in [0.1, 0.15) is 46.3 Å². The second kappa shape index (κ2) is 13.1. The second-order valence-electron chi connectivity index (χ2n) is 12.0. The first kappa shape index (κ1) is 33.3. The Labute approximate surface area is 271 Å². The smallest absolute Gasteiger partial charge is 0.416 e. The first-order valence-corrected chi connectivity index (χ1v) is 15.3. The number of pyridine rings is 1. The molecule has 1 aromatic heterocycles. The molecule has 3 heterocycles. The molecule has 0 radical (unpaired) electrons. The number of carbonyl (C=O) groups excluding carboxylic acids is 1. The highest BCUT2D eigenvalue weighted by molar-refractivity contribution is 5.84. The quantitative estimate of drug-likeness (QED) is 0.237. The van der Waals surface area contributed by atoms with Crippen molar-refractivity contribution in [2.75, 3.05) is 26.2 Å². The maximum absolute atomic E-state index is 15.7. The van der Waals surface area contributed by atoms with E-state index in [0.29, 0.717) is 27.5 Å². The van der Waals surface area contributed by atoms with Gasteiger partial charge in [0.15, 0.2) is 0 Å². The molecule has 252 valence electrons. The zero-order chi connectivity index (χ0) is 34.3. The van der Waals surface area contributed by atoms with Crippen molar-refractivity contribution in [1.82, 2.24) is 14.8 Å². The number of hydrogen-bond acceptors (Lipinski definition) is 5. The number of likely N-dealkylation sites (tertiary alicyclic amines) is 1. The second-order valence-corrected chi connectivity index (χ2v) is 12.0. The monoisotopic (exact) mass is 671 g/mol.